The van der Waals surface area contributed by atoms with Crippen molar-refractivity contribution in [1.29, 1.82) is 0 Å². The Morgan fingerprint density at radius 3 is 2.82 bits per heavy atom. The van der Waals surface area contributed by atoms with Crippen molar-refractivity contribution in [2.75, 3.05) is 11.9 Å². The Kier molecular flexibility index (Phi) is 4.55. The van der Waals surface area contributed by atoms with Gasteiger partial charge in [0, 0.05) is 11.4 Å². The molecule has 0 amide bonds. The number of nitrogens with zero attached hydrogens (tertiary/aromatic N) is 3. The van der Waals surface area contributed by atoms with Crippen LogP contribution >= 0.6 is 50.5 Å². The van der Waals surface area contributed by atoms with Crippen molar-refractivity contribution in [3.8, 4) is 0 Å². The van der Waals surface area contributed by atoms with Crippen LogP contribution < -0.4 is 5.32 Å². The van der Waals surface area contributed by atoms with Crippen LogP contribution in [-0.4, -0.2) is 21.7 Å². The number of thiophene rings is 1. The highest BCUT2D eigenvalue weighted by molar-refractivity contribution is 9.11. The molecule has 0 unspecified atom stereocenters. The number of halogens is 3. The van der Waals surface area contributed by atoms with Gasteiger partial charge in [0.2, 0.25) is 5.28 Å². The van der Waals surface area contributed by atoms with Crippen LogP contribution in [0.4, 0.5) is 5.82 Å². The molecule has 0 aliphatic heterocycles. The van der Waals surface area contributed by atoms with Crippen LogP contribution in [0.3, 0.4) is 0 Å². The zero-order valence-corrected chi connectivity index (χ0v) is 12.4. The molecule has 90 valence electrons. The molecule has 8 heteroatoms. The standard InChI is InChI=1S/C9H7BrCl2N4S/c10-6-2-1-5(17-6)3-4-13-8-7(11)15-16-9(12)14-8/h1-2H,3-4H2,(H,13,14,16). The summed E-state index contributed by atoms with van der Waals surface area (Å²) in [5, 5.41) is 10.6. The summed E-state index contributed by atoms with van der Waals surface area (Å²) in [6, 6.07) is 4.10. The molecule has 4 nitrogen and oxygen atoms in total. The van der Waals surface area contributed by atoms with E-state index >= 15 is 0 Å². The molecular formula is C9H7BrCl2N4S. The van der Waals surface area contributed by atoms with Gasteiger partial charge in [-0.25, -0.2) is 0 Å². The molecule has 0 atom stereocenters. The van der Waals surface area contributed by atoms with Gasteiger partial charge in [-0.1, -0.05) is 11.6 Å². The van der Waals surface area contributed by atoms with E-state index in [1.807, 2.05) is 6.07 Å². The van der Waals surface area contributed by atoms with Crippen molar-refractivity contribution in [3.63, 3.8) is 0 Å². The lowest BCUT2D eigenvalue weighted by molar-refractivity contribution is 0.949. The van der Waals surface area contributed by atoms with Gasteiger partial charge in [-0.2, -0.15) is 4.98 Å². The minimum atomic E-state index is 0.0794. The lowest BCUT2D eigenvalue weighted by Gasteiger charge is -2.05. The highest BCUT2D eigenvalue weighted by atomic mass is 79.9. The second kappa shape index (κ2) is 5.95. The summed E-state index contributed by atoms with van der Waals surface area (Å²) in [5.41, 5.74) is 0. The number of hydrogen-bond donors (Lipinski definition) is 1. The lowest BCUT2D eigenvalue weighted by Crippen LogP contribution is -2.07. The van der Waals surface area contributed by atoms with Gasteiger partial charge in [0.15, 0.2) is 11.0 Å². The average Bonchev–Trinajstić information content (AvgIpc) is 2.69. The quantitative estimate of drug-likeness (QED) is 0.911. The van der Waals surface area contributed by atoms with Gasteiger partial charge in [-0.15, -0.1) is 21.5 Å². The third-order valence-electron chi connectivity index (χ3n) is 1.91. The van der Waals surface area contributed by atoms with Crippen molar-refractivity contribution < 1.29 is 0 Å². The van der Waals surface area contributed by atoms with Gasteiger partial charge in [0.05, 0.1) is 3.79 Å². The third-order valence-corrected chi connectivity index (χ3v) is 4.01. The Bertz CT molecular complexity index is 519. The summed E-state index contributed by atoms with van der Waals surface area (Å²) in [7, 11) is 0. The molecule has 0 bridgehead atoms. The van der Waals surface area contributed by atoms with E-state index in [0.29, 0.717) is 12.4 Å². The van der Waals surface area contributed by atoms with Gasteiger partial charge in [-0.3, -0.25) is 0 Å². The van der Waals surface area contributed by atoms with E-state index in [0.717, 1.165) is 10.2 Å². The summed E-state index contributed by atoms with van der Waals surface area (Å²) in [4.78, 5) is 5.22. The largest absolute Gasteiger partial charge is 0.367 e. The fourth-order valence-electron chi connectivity index (χ4n) is 1.20. The zero-order chi connectivity index (χ0) is 12.3. The first-order valence-electron chi connectivity index (χ1n) is 4.69. The number of rotatable bonds is 4. The van der Waals surface area contributed by atoms with Crippen molar-refractivity contribution >= 4 is 56.3 Å². The first kappa shape index (κ1) is 13.0. The minimum absolute atomic E-state index is 0.0794. The summed E-state index contributed by atoms with van der Waals surface area (Å²) in [6.45, 7) is 0.710. The van der Waals surface area contributed by atoms with E-state index in [1.54, 1.807) is 11.3 Å². The summed E-state index contributed by atoms with van der Waals surface area (Å²) >= 11 is 16.6. The second-order valence-corrected chi connectivity index (χ2v) is 6.35. The van der Waals surface area contributed by atoms with Crippen LogP contribution in [0.25, 0.3) is 0 Å². The molecule has 2 aromatic rings. The SMILES string of the molecule is Clc1nnc(Cl)c(NCCc2ccc(Br)s2)n1. The second-order valence-electron chi connectivity index (χ2n) is 3.10. The summed E-state index contributed by atoms with van der Waals surface area (Å²) in [6.07, 6.45) is 0.883. The normalized spacial score (nSPS) is 10.5. The van der Waals surface area contributed by atoms with Crippen LogP contribution in [0.5, 0.6) is 0 Å². The Labute approximate surface area is 121 Å². The Morgan fingerprint density at radius 1 is 1.29 bits per heavy atom. The topological polar surface area (TPSA) is 50.7 Å². The minimum Gasteiger partial charge on any atom is -0.367 e. The molecule has 0 fully saturated rings. The van der Waals surface area contributed by atoms with E-state index in [1.165, 1.54) is 4.88 Å². The van der Waals surface area contributed by atoms with Crippen molar-refractivity contribution in [2.24, 2.45) is 0 Å². The molecular weight excluding hydrogens is 347 g/mol. The van der Waals surface area contributed by atoms with Crippen molar-refractivity contribution in [3.05, 3.63) is 31.2 Å². The number of aromatic nitrogens is 3. The predicted molar refractivity (Wildman–Crippen MR) is 74.1 cm³/mol. The first-order chi connectivity index (χ1) is 8.15. The molecule has 0 aliphatic carbocycles. The van der Waals surface area contributed by atoms with Crippen LogP contribution in [0.1, 0.15) is 4.88 Å². The molecule has 0 saturated heterocycles. The Morgan fingerprint density at radius 2 is 2.12 bits per heavy atom. The van der Waals surface area contributed by atoms with Gasteiger partial charge in [-0.05, 0) is 46.1 Å². The lowest BCUT2D eigenvalue weighted by atomic mass is 10.3. The average molecular weight is 354 g/mol. The van der Waals surface area contributed by atoms with E-state index in [2.05, 4.69) is 42.5 Å². The molecule has 0 aromatic carbocycles. The molecule has 1 N–H and O–H groups in total. The van der Waals surface area contributed by atoms with E-state index < -0.39 is 0 Å². The first-order valence-corrected chi connectivity index (χ1v) is 7.05. The third kappa shape index (κ3) is 3.77. The smallest absolute Gasteiger partial charge is 0.245 e. The predicted octanol–water partition coefficient (Wildman–Crippen LogP) is 3.66. The number of nitrogens with one attached hydrogen (secondary N) is 1. The number of anilines is 1. The summed E-state index contributed by atoms with van der Waals surface area (Å²) < 4.78 is 1.12. The highest BCUT2D eigenvalue weighted by Gasteiger charge is 2.05. The summed E-state index contributed by atoms with van der Waals surface area (Å²) in [5.74, 6) is 0.460. The zero-order valence-electron chi connectivity index (χ0n) is 8.45. The van der Waals surface area contributed by atoms with Crippen molar-refractivity contribution in [1.82, 2.24) is 15.2 Å². The fourth-order valence-corrected chi connectivity index (χ4v) is 2.95. The van der Waals surface area contributed by atoms with Crippen LogP contribution in [0.2, 0.25) is 10.4 Å². The van der Waals surface area contributed by atoms with Gasteiger partial charge < -0.3 is 5.32 Å². The molecule has 0 radical (unpaired) electrons. The van der Waals surface area contributed by atoms with Gasteiger partial charge in [0.1, 0.15) is 0 Å². The van der Waals surface area contributed by atoms with Crippen LogP contribution in [0.15, 0.2) is 15.9 Å². The van der Waals surface area contributed by atoms with Crippen LogP contribution in [0, 0.1) is 0 Å². The van der Waals surface area contributed by atoms with E-state index in [4.69, 9.17) is 23.2 Å². The molecule has 0 spiro atoms. The molecule has 2 rings (SSSR count). The Hall–Kier alpha value is -0.430. The van der Waals surface area contributed by atoms with E-state index in [9.17, 15) is 0 Å². The van der Waals surface area contributed by atoms with Crippen LogP contribution in [-0.2, 0) is 6.42 Å². The van der Waals surface area contributed by atoms with E-state index in [-0.39, 0.29) is 10.4 Å². The molecule has 0 aliphatic rings. The molecule has 17 heavy (non-hydrogen) atoms. The van der Waals surface area contributed by atoms with Crippen molar-refractivity contribution in [2.45, 2.75) is 6.42 Å². The van der Waals surface area contributed by atoms with Gasteiger partial charge in [0.25, 0.3) is 0 Å². The maximum Gasteiger partial charge on any atom is 0.245 e. The maximum absolute atomic E-state index is 5.82. The molecule has 2 aromatic heterocycles. The molecule has 0 saturated carbocycles. The molecule has 2 heterocycles. The van der Waals surface area contributed by atoms with Gasteiger partial charge >= 0.3 is 0 Å². The maximum atomic E-state index is 5.82. The monoisotopic (exact) mass is 352 g/mol. The Balaban J connectivity index is 1.91. The fraction of sp³-hybridized carbons (Fsp3) is 0.222. The highest BCUT2D eigenvalue weighted by Crippen LogP contribution is 2.22. The number of hydrogen-bond acceptors (Lipinski definition) is 5.